The molecule has 1 heterocycles. The Kier molecular flexibility index (Phi) is 9.08. The van der Waals surface area contributed by atoms with Crippen molar-refractivity contribution in [1.82, 2.24) is 4.90 Å². The van der Waals surface area contributed by atoms with Crippen LogP contribution in [0.4, 0.5) is 15.8 Å². The third kappa shape index (κ3) is 6.47. The van der Waals surface area contributed by atoms with Gasteiger partial charge in [0.2, 0.25) is 5.91 Å². The van der Waals surface area contributed by atoms with Gasteiger partial charge < -0.3 is 24.4 Å². The van der Waals surface area contributed by atoms with E-state index in [1.165, 1.54) is 56.6 Å². The number of carbonyl (C=O) groups excluding carboxylic acids is 4. The Morgan fingerprint density at radius 1 is 0.844 bits per heavy atom. The molecule has 0 saturated heterocycles. The maximum atomic E-state index is 14.3. The molecule has 45 heavy (non-hydrogen) atoms. The quantitative estimate of drug-likeness (QED) is 0.243. The van der Waals surface area contributed by atoms with Crippen LogP contribution in [0.5, 0.6) is 17.2 Å². The van der Waals surface area contributed by atoms with Gasteiger partial charge in [-0.3, -0.25) is 24.1 Å². The Bertz CT molecular complexity index is 1740. The van der Waals surface area contributed by atoms with E-state index in [1.807, 2.05) is 0 Å². The smallest absolute Gasteiger partial charge is 0.299 e. The highest BCUT2D eigenvalue weighted by Gasteiger charge is 2.39. The Hall–Kier alpha value is -5.71. The number of ether oxygens (including phenoxy) is 3. The van der Waals surface area contributed by atoms with E-state index in [0.29, 0.717) is 39.8 Å². The number of carbonyl (C=O) groups is 4. The van der Waals surface area contributed by atoms with Crippen LogP contribution in [0.3, 0.4) is 0 Å². The van der Waals surface area contributed by atoms with Crippen LogP contribution in [-0.2, 0) is 20.9 Å². The standard InChI is InChI=1S/C34H30FN3O7/c1-43-25-15-13-24(14-16-25)36-33(41)31(22-10-17-28(44-2)29(18-22)45-3)38(19-21-8-11-23(35)12-9-21)30(39)20-37-27-7-5-4-6-26(27)32(40)34(37)42/h4-18,31H,19-20H2,1-3H3,(H,36,41). The number of hydrogen-bond donors (Lipinski definition) is 1. The summed E-state index contributed by atoms with van der Waals surface area (Å²) in [7, 11) is 4.45. The third-order valence-electron chi connectivity index (χ3n) is 7.40. The van der Waals surface area contributed by atoms with Gasteiger partial charge in [0.25, 0.3) is 17.6 Å². The van der Waals surface area contributed by atoms with E-state index in [4.69, 9.17) is 14.2 Å². The van der Waals surface area contributed by atoms with Crippen molar-refractivity contribution in [1.29, 1.82) is 0 Å². The zero-order valence-corrected chi connectivity index (χ0v) is 24.8. The van der Waals surface area contributed by atoms with E-state index in [1.54, 1.807) is 60.7 Å². The highest BCUT2D eigenvalue weighted by Crippen LogP contribution is 2.35. The average Bonchev–Trinajstić information content (AvgIpc) is 3.30. The number of para-hydroxylation sites is 1. The molecule has 0 saturated carbocycles. The van der Waals surface area contributed by atoms with Crippen molar-refractivity contribution in [3.05, 3.63) is 114 Å². The van der Waals surface area contributed by atoms with Crippen molar-refractivity contribution >= 4 is 34.9 Å². The number of nitrogens with zero attached hydrogens (tertiary/aromatic N) is 2. The summed E-state index contributed by atoms with van der Waals surface area (Å²) in [5.41, 5.74) is 1.83. The highest BCUT2D eigenvalue weighted by molar-refractivity contribution is 6.52. The zero-order chi connectivity index (χ0) is 32.1. The van der Waals surface area contributed by atoms with Gasteiger partial charge in [0.05, 0.1) is 32.6 Å². The molecule has 4 aromatic rings. The molecule has 1 unspecified atom stereocenters. The Labute approximate surface area is 258 Å². The lowest BCUT2D eigenvalue weighted by atomic mass is 10.0. The van der Waals surface area contributed by atoms with Crippen LogP contribution in [0.25, 0.3) is 0 Å². The molecule has 230 valence electrons. The van der Waals surface area contributed by atoms with Gasteiger partial charge in [-0.1, -0.05) is 30.3 Å². The van der Waals surface area contributed by atoms with Gasteiger partial charge in [-0.15, -0.1) is 0 Å². The summed E-state index contributed by atoms with van der Waals surface area (Å²) in [5, 5.41) is 2.86. The number of benzene rings is 4. The van der Waals surface area contributed by atoms with Crippen molar-refractivity contribution in [2.75, 3.05) is 38.1 Å². The number of methoxy groups -OCH3 is 3. The lowest BCUT2D eigenvalue weighted by Gasteiger charge is -2.33. The molecule has 0 aromatic heterocycles. The summed E-state index contributed by atoms with van der Waals surface area (Å²) in [4.78, 5) is 56.5. The monoisotopic (exact) mass is 611 g/mol. The Morgan fingerprint density at radius 3 is 2.20 bits per heavy atom. The molecular formula is C34H30FN3O7. The second kappa shape index (κ2) is 13.3. The molecule has 1 atom stereocenters. The second-order valence-electron chi connectivity index (χ2n) is 10.1. The Balaban J connectivity index is 1.58. The first kappa shape index (κ1) is 30.7. The molecule has 1 N–H and O–H groups in total. The van der Waals surface area contributed by atoms with E-state index in [9.17, 15) is 23.6 Å². The van der Waals surface area contributed by atoms with Crippen molar-refractivity contribution in [2.45, 2.75) is 12.6 Å². The molecule has 3 amide bonds. The lowest BCUT2D eigenvalue weighted by Crippen LogP contribution is -2.46. The predicted octanol–water partition coefficient (Wildman–Crippen LogP) is 4.79. The number of anilines is 2. The number of halogens is 1. The average molecular weight is 612 g/mol. The summed E-state index contributed by atoms with van der Waals surface area (Å²) in [5.74, 6) is -1.95. The van der Waals surface area contributed by atoms with Gasteiger partial charge in [-0.05, 0) is 71.8 Å². The summed E-state index contributed by atoms with van der Waals surface area (Å²) >= 11 is 0. The molecule has 0 bridgehead atoms. The molecule has 4 aromatic carbocycles. The van der Waals surface area contributed by atoms with Gasteiger partial charge >= 0.3 is 0 Å². The lowest BCUT2D eigenvalue weighted by molar-refractivity contribution is -0.139. The van der Waals surface area contributed by atoms with E-state index in [-0.39, 0.29) is 12.1 Å². The van der Waals surface area contributed by atoms with E-state index >= 15 is 0 Å². The van der Waals surface area contributed by atoms with E-state index < -0.39 is 41.9 Å². The van der Waals surface area contributed by atoms with Crippen LogP contribution >= 0.6 is 0 Å². The van der Waals surface area contributed by atoms with E-state index in [0.717, 1.165) is 4.90 Å². The summed E-state index contributed by atoms with van der Waals surface area (Å²) in [6.07, 6.45) is 0. The molecule has 5 rings (SSSR count). The fraction of sp³-hybridized carbons (Fsp3) is 0.176. The number of ketones is 1. The molecule has 0 spiro atoms. The largest absolute Gasteiger partial charge is 0.497 e. The first-order chi connectivity index (χ1) is 21.7. The topological polar surface area (TPSA) is 114 Å². The maximum Gasteiger partial charge on any atom is 0.299 e. The van der Waals surface area contributed by atoms with Crippen LogP contribution in [0.1, 0.15) is 27.5 Å². The minimum absolute atomic E-state index is 0.133. The van der Waals surface area contributed by atoms with Crippen molar-refractivity contribution < 1.29 is 37.8 Å². The summed E-state index contributed by atoms with van der Waals surface area (Å²) in [6.45, 7) is -0.659. The van der Waals surface area contributed by atoms with Crippen LogP contribution < -0.4 is 24.4 Å². The fourth-order valence-electron chi connectivity index (χ4n) is 5.12. The molecular weight excluding hydrogens is 581 g/mol. The number of hydrogen-bond acceptors (Lipinski definition) is 7. The van der Waals surface area contributed by atoms with E-state index in [2.05, 4.69) is 5.32 Å². The van der Waals surface area contributed by atoms with Crippen molar-refractivity contribution in [3.8, 4) is 17.2 Å². The van der Waals surface area contributed by atoms with Crippen molar-refractivity contribution in [2.24, 2.45) is 0 Å². The van der Waals surface area contributed by atoms with Gasteiger partial charge in [0, 0.05) is 12.2 Å². The summed E-state index contributed by atoms with van der Waals surface area (Å²) < 4.78 is 29.9. The molecule has 11 heteroatoms. The molecule has 0 radical (unpaired) electrons. The molecule has 1 aliphatic heterocycles. The Morgan fingerprint density at radius 2 is 1.53 bits per heavy atom. The maximum absolute atomic E-state index is 14.3. The number of amides is 3. The molecule has 0 fully saturated rings. The number of nitrogens with one attached hydrogen (secondary N) is 1. The number of Topliss-reactive ketones (excluding diaryl/α,β-unsaturated/α-hetero) is 1. The van der Waals surface area contributed by atoms with Gasteiger partial charge in [-0.25, -0.2) is 4.39 Å². The first-order valence-electron chi connectivity index (χ1n) is 13.9. The van der Waals surface area contributed by atoms with Gasteiger partial charge in [-0.2, -0.15) is 0 Å². The minimum Gasteiger partial charge on any atom is -0.497 e. The first-order valence-corrected chi connectivity index (χ1v) is 13.9. The van der Waals surface area contributed by atoms with Crippen LogP contribution in [0.15, 0.2) is 91.0 Å². The third-order valence-corrected chi connectivity index (χ3v) is 7.40. The predicted molar refractivity (Wildman–Crippen MR) is 164 cm³/mol. The van der Waals surface area contributed by atoms with Crippen LogP contribution in [0.2, 0.25) is 0 Å². The van der Waals surface area contributed by atoms with Gasteiger partial charge in [0.15, 0.2) is 11.5 Å². The zero-order valence-electron chi connectivity index (χ0n) is 24.8. The molecule has 0 aliphatic carbocycles. The minimum atomic E-state index is -1.27. The van der Waals surface area contributed by atoms with Crippen LogP contribution in [0, 0.1) is 5.82 Å². The second-order valence-corrected chi connectivity index (χ2v) is 10.1. The fourth-order valence-corrected chi connectivity index (χ4v) is 5.12. The SMILES string of the molecule is COc1ccc(NC(=O)C(c2ccc(OC)c(OC)c2)N(Cc2ccc(F)cc2)C(=O)CN2C(=O)C(=O)c3ccccc32)cc1. The number of fused-ring (bicyclic) bond motifs is 1. The normalized spacial score (nSPS) is 12.8. The van der Waals surface area contributed by atoms with Crippen molar-refractivity contribution in [3.63, 3.8) is 0 Å². The van der Waals surface area contributed by atoms with Gasteiger partial charge in [0.1, 0.15) is 24.2 Å². The molecule has 10 nitrogen and oxygen atoms in total. The highest BCUT2D eigenvalue weighted by atomic mass is 19.1. The number of rotatable bonds is 11. The van der Waals surface area contributed by atoms with Crippen LogP contribution in [-0.4, -0.2) is 56.3 Å². The molecule has 1 aliphatic rings. The summed E-state index contributed by atoms with van der Waals surface area (Å²) in [6, 6.07) is 22.1.